The summed E-state index contributed by atoms with van der Waals surface area (Å²) < 4.78 is 1.09. The van der Waals surface area contributed by atoms with E-state index in [4.69, 9.17) is 5.73 Å². The van der Waals surface area contributed by atoms with Crippen LogP contribution in [0.4, 0.5) is 5.69 Å². The first kappa shape index (κ1) is 15.1. The van der Waals surface area contributed by atoms with Crippen LogP contribution in [0.1, 0.15) is 31.0 Å². The van der Waals surface area contributed by atoms with E-state index < -0.39 is 0 Å². The summed E-state index contributed by atoms with van der Waals surface area (Å²) in [6, 6.07) is 16.9. The molecule has 2 aromatic rings. The molecule has 2 rings (SSSR count). The highest BCUT2D eigenvalue weighted by molar-refractivity contribution is 9.10. The first-order valence-electron chi connectivity index (χ1n) is 6.95. The Hall–Kier alpha value is -1.32. The normalized spacial score (nSPS) is 12.2. The van der Waals surface area contributed by atoms with E-state index in [9.17, 15) is 0 Å². The van der Waals surface area contributed by atoms with Crippen molar-refractivity contribution in [2.24, 2.45) is 5.73 Å². The summed E-state index contributed by atoms with van der Waals surface area (Å²) in [4.78, 5) is 2.36. The highest BCUT2D eigenvalue weighted by Crippen LogP contribution is 2.29. The molecule has 1 atom stereocenters. The lowest BCUT2D eigenvalue weighted by Crippen LogP contribution is -2.24. The van der Waals surface area contributed by atoms with Gasteiger partial charge in [-0.1, -0.05) is 52.3 Å². The van der Waals surface area contributed by atoms with Crippen molar-refractivity contribution in [3.8, 4) is 0 Å². The minimum absolute atomic E-state index is 0.0305. The van der Waals surface area contributed by atoms with E-state index in [1.54, 1.807) is 0 Å². The fourth-order valence-corrected chi connectivity index (χ4v) is 2.70. The van der Waals surface area contributed by atoms with E-state index >= 15 is 0 Å². The van der Waals surface area contributed by atoms with Gasteiger partial charge in [-0.25, -0.2) is 0 Å². The summed E-state index contributed by atoms with van der Waals surface area (Å²) in [7, 11) is 0. The molecule has 0 heterocycles. The standard InChI is InChI=1S/C17H21BrN2/c1-3-20(12-14-7-5-4-6-8-14)17-11-15(18)9-10-16(17)13(2)19/h4-11,13H,3,12,19H2,1-2H3. The Labute approximate surface area is 129 Å². The van der Waals surface area contributed by atoms with Gasteiger partial charge in [-0.3, -0.25) is 0 Å². The van der Waals surface area contributed by atoms with Gasteiger partial charge in [-0.15, -0.1) is 0 Å². The predicted octanol–water partition coefficient (Wildman–Crippen LogP) is 4.50. The van der Waals surface area contributed by atoms with Crippen molar-refractivity contribution in [1.82, 2.24) is 0 Å². The van der Waals surface area contributed by atoms with Gasteiger partial charge in [0.15, 0.2) is 0 Å². The van der Waals surface area contributed by atoms with E-state index in [1.165, 1.54) is 16.8 Å². The number of halogens is 1. The molecule has 0 saturated carbocycles. The van der Waals surface area contributed by atoms with Gasteiger partial charge in [0.2, 0.25) is 0 Å². The molecule has 0 spiro atoms. The summed E-state index contributed by atoms with van der Waals surface area (Å²) in [5.74, 6) is 0. The number of nitrogens with two attached hydrogens (primary N) is 1. The molecule has 20 heavy (non-hydrogen) atoms. The van der Waals surface area contributed by atoms with Crippen molar-refractivity contribution >= 4 is 21.6 Å². The molecule has 2 N–H and O–H groups in total. The molecule has 2 aromatic carbocycles. The summed E-state index contributed by atoms with van der Waals surface area (Å²) in [5.41, 5.74) is 9.81. The third-order valence-corrected chi connectivity index (χ3v) is 3.91. The fraction of sp³-hybridized carbons (Fsp3) is 0.294. The Kier molecular flexibility index (Phi) is 5.21. The van der Waals surface area contributed by atoms with Gasteiger partial charge in [0.05, 0.1) is 0 Å². The molecule has 0 aliphatic rings. The summed E-state index contributed by atoms with van der Waals surface area (Å²) >= 11 is 3.56. The lowest BCUT2D eigenvalue weighted by Gasteiger charge is -2.27. The molecular formula is C17H21BrN2. The van der Waals surface area contributed by atoms with Crippen LogP contribution in [0.2, 0.25) is 0 Å². The number of nitrogens with zero attached hydrogens (tertiary/aromatic N) is 1. The zero-order valence-electron chi connectivity index (χ0n) is 12.0. The smallest absolute Gasteiger partial charge is 0.0429 e. The second-order valence-electron chi connectivity index (χ2n) is 4.99. The van der Waals surface area contributed by atoms with Gasteiger partial charge in [0.25, 0.3) is 0 Å². The highest BCUT2D eigenvalue weighted by Gasteiger charge is 2.13. The van der Waals surface area contributed by atoms with Crippen molar-refractivity contribution in [3.63, 3.8) is 0 Å². The maximum Gasteiger partial charge on any atom is 0.0429 e. The minimum atomic E-state index is 0.0305. The number of hydrogen-bond donors (Lipinski definition) is 1. The molecule has 0 bridgehead atoms. The first-order valence-corrected chi connectivity index (χ1v) is 7.75. The van der Waals surface area contributed by atoms with E-state index in [0.717, 1.165) is 17.6 Å². The fourth-order valence-electron chi connectivity index (χ4n) is 2.35. The van der Waals surface area contributed by atoms with Gasteiger partial charge < -0.3 is 10.6 Å². The Morgan fingerprint density at radius 1 is 1.15 bits per heavy atom. The molecule has 1 unspecified atom stereocenters. The molecule has 0 aliphatic heterocycles. The third kappa shape index (κ3) is 3.62. The monoisotopic (exact) mass is 332 g/mol. The minimum Gasteiger partial charge on any atom is -0.367 e. The van der Waals surface area contributed by atoms with Gasteiger partial charge in [-0.05, 0) is 37.1 Å². The second kappa shape index (κ2) is 6.91. The van der Waals surface area contributed by atoms with Gasteiger partial charge >= 0.3 is 0 Å². The lowest BCUT2D eigenvalue weighted by molar-refractivity contribution is 0.777. The molecule has 0 amide bonds. The average molecular weight is 333 g/mol. The Morgan fingerprint density at radius 2 is 1.85 bits per heavy atom. The molecule has 106 valence electrons. The molecule has 0 radical (unpaired) electrons. The summed E-state index contributed by atoms with van der Waals surface area (Å²) in [6.07, 6.45) is 0. The van der Waals surface area contributed by atoms with Crippen LogP contribution < -0.4 is 10.6 Å². The maximum absolute atomic E-state index is 6.11. The summed E-state index contributed by atoms with van der Waals surface area (Å²) in [5, 5.41) is 0. The molecule has 0 saturated heterocycles. The number of anilines is 1. The SMILES string of the molecule is CCN(Cc1ccccc1)c1cc(Br)ccc1C(C)N. The van der Waals surface area contributed by atoms with E-state index in [-0.39, 0.29) is 6.04 Å². The number of rotatable bonds is 5. The van der Waals surface area contributed by atoms with Crippen molar-refractivity contribution in [2.45, 2.75) is 26.4 Å². The van der Waals surface area contributed by atoms with Crippen molar-refractivity contribution in [3.05, 3.63) is 64.1 Å². The molecule has 0 aromatic heterocycles. The van der Waals surface area contributed by atoms with Crippen molar-refractivity contribution in [2.75, 3.05) is 11.4 Å². The lowest BCUT2D eigenvalue weighted by atomic mass is 10.1. The number of hydrogen-bond acceptors (Lipinski definition) is 2. The van der Waals surface area contributed by atoms with Crippen LogP contribution in [-0.4, -0.2) is 6.54 Å². The predicted molar refractivity (Wildman–Crippen MR) is 89.9 cm³/mol. The Balaban J connectivity index is 2.34. The molecule has 2 nitrogen and oxygen atoms in total. The van der Waals surface area contributed by atoms with Crippen molar-refractivity contribution in [1.29, 1.82) is 0 Å². The summed E-state index contributed by atoms with van der Waals surface area (Å²) in [6.45, 7) is 6.05. The van der Waals surface area contributed by atoms with Gasteiger partial charge in [0.1, 0.15) is 0 Å². The van der Waals surface area contributed by atoms with E-state index in [0.29, 0.717) is 0 Å². The van der Waals surface area contributed by atoms with Crippen LogP contribution in [-0.2, 0) is 6.54 Å². The zero-order chi connectivity index (χ0) is 14.5. The highest BCUT2D eigenvalue weighted by atomic mass is 79.9. The largest absolute Gasteiger partial charge is 0.367 e. The van der Waals surface area contributed by atoms with Gasteiger partial charge in [-0.2, -0.15) is 0 Å². The van der Waals surface area contributed by atoms with Crippen LogP contribution >= 0.6 is 15.9 Å². The topological polar surface area (TPSA) is 29.3 Å². The molecule has 3 heteroatoms. The first-order chi connectivity index (χ1) is 9.61. The van der Waals surface area contributed by atoms with E-state index in [1.807, 2.05) is 13.0 Å². The van der Waals surface area contributed by atoms with Gasteiger partial charge in [0, 0.05) is 29.3 Å². The molecule has 0 fully saturated rings. The van der Waals surface area contributed by atoms with Crippen LogP contribution in [0, 0.1) is 0 Å². The van der Waals surface area contributed by atoms with E-state index in [2.05, 4.69) is 70.2 Å². The number of benzene rings is 2. The zero-order valence-corrected chi connectivity index (χ0v) is 13.6. The van der Waals surface area contributed by atoms with Crippen LogP contribution in [0.15, 0.2) is 53.0 Å². The van der Waals surface area contributed by atoms with Crippen LogP contribution in [0.25, 0.3) is 0 Å². The second-order valence-corrected chi connectivity index (χ2v) is 5.91. The van der Waals surface area contributed by atoms with Crippen LogP contribution in [0.3, 0.4) is 0 Å². The molecular weight excluding hydrogens is 312 g/mol. The third-order valence-electron chi connectivity index (χ3n) is 3.42. The Bertz CT molecular complexity index is 552. The Morgan fingerprint density at radius 3 is 2.45 bits per heavy atom. The quantitative estimate of drug-likeness (QED) is 0.873. The maximum atomic E-state index is 6.11. The van der Waals surface area contributed by atoms with Crippen molar-refractivity contribution < 1.29 is 0 Å². The molecule has 0 aliphatic carbocycles. The average Bonchev–Trinajstić information content (AvgIpc) is 2.45. The van der Waals surface area contributed by atoms with Crippen LogP contribution in [0.5, 0.6) is 0 Å².